The van der Waals surface area contributed by atoms with Gasteiger partial charge in [-0.2, -0.15) is 0 Å². The molecular formula is C31H39N5O4S. The van der Waals surface area contributed by atoms with E-state index in [9.17, 15) is 13.2 Å². The molecule has 1 atom stereocenters. The van der Waals surface area contributed by atoms with E-state index < -0.39 is 10.7 Å². The number of thiol groups is 1. The van der Waals surface area contributed by atoms with Gasteiger partial charge in [0.2, 0.25) is 11.7 Å². The minimum Gasteiger partial charge on any atom is -0.493 e. The molecule has 0 spiro atoms. The Labute approximate surface area is 243 Å². The minimum absolute atomic E-state index is 0.0832. The molecule has 0 unspecified atom stereocenters. The van der Waals surface area contributed by atoms with Crippen LogP contribution in [0.4, 0.5) is 0 Å². The summed E-state index contributed by atoms with van der Waals surface area (Å²) < 4.78 is 29.4. The van der Waals surface area contributed by atoms with Crippen LogP contribution in [0.3, 0.4) is 0 Å². The van der Waals surface area contributed by atoms with Crippen molar-refractivity contribution in [2.24, 2.45) is 11.8 Å². The fraction of sp³-hybridized carbons (Fsp3) is 0.516. The van der Waals surface area contributed by atoms with Crippen LogP contribution >= 0.6 is 0 Å². The number of nitrogens with one attached hydrogen (secondary N) is 1. The molecule has 10 heteroatoms. The predicted octanol–water partition coefficient (Wildman–Crippen LogP) is 3.56. The van der Waals surface area contributed by atoms with Crippen LogP contribution in [-0.4, -0.2) is 71.8 Å². The molecule has 3 aromatic rings. The van der Waals surface area contributed by atoms with Crippen LogP contribution in [0.25, 0.3) is 16.7 Å². The maximum absolute atomic E-state index is 12.8. The Morgan fingerprint density at radius 3 is 2.80 bits per heavy atom. The van der Waals surface area contributed by atoms with E-state index in [1.807, 2.05) is 41.1 Å². The van der Waals surface area contributed by atoms with Crippen LogP contribution in [0, 0.1) is 23.7 Å². The van der Waals surface area contributed by atoms with Gasteiger partial charge in [0.25, 0.3) is 0 Å². The molecule has 3 heterocycles. The zero-order valence-corrected chi connectivity index (χ0v) is 24.5. The van der Waals surface area contributed by atoms with E-state index in [4.69, 9.17) is 9.72 Å². The van der Waals surface area contributed by atoms with Crippen molar-refractivity contribution < 1.29 is 17.9 Å². The average molecular weight is 578 g/mol. The largest absolute Gasteiger partial charge is 0.493 e. The normalized spacial score (nSPS) is 21.1. The average Bonchev–Trinajstić information content (AvgIpc) is 3.62. The number of likely N-dealkylation sites (tertiary alicyclic amines) is 1. The first-order chi connectivity index (χ1) is 20.0. The Bertz CT molecular complexity index is 1470. The summed E-state index contributed by atoms with van der Waals surface area (Å²) in [6.07, 6.45) is 9.86. The van der Waals surface area contributed by atoms with E-state index in [0.29, 0.717) is 30.4 Å². The highest BCUT2D eigenvalue weighted by Crippen LogP contribution is 2.30. The Kier molecular flexibility index (Phi) is 9.91. The monoisotopic (exact) mass is 577 g/mol. The van der Waals surface area contributed by atoms with Crippen LogP contribution in [-0.2, 0) is 15.5 Å². The van der Waals surface area contributed by atoms with Gasteiger partial charge in [-0.15, -0.1) is 0 Å². The van der Waals surface area contributed by atoms with E-state index in [1.54, 1.807) is 6.20 Å². The van der Waals surface area contributed by atoms with Crippen LogP contribution in [0.1, 0.15) is 57.7 Å². The number of nitrogens with zero attached hydrogens (tertiary/aromatic N) is 4. The van der Waals surface area contributed by atoms with Crippen molar-refractivity contribution in [2.45, 2.75) is 57.9 Å². The van der Waals surface area contributed by atoms with Gasteiger partial charge in [-0.3, -0.25) is 4.79 Å². The van der Waals surface area contributed by atoms with Crippen molar-refractivity contribution in [2.75, 3.05) is 32.0 Å². The van der Waals surface area contributed by atoms with Gasteiger partial charge in [-0.1, -0.05) is 18.9 Å². The van der Waals surface area contributed by atoms with E-state index in [-0.39, 0.29) is 29.5 Å². The lowest BCUT2D eigenvalue weighted by Crippen LogP contribution is -2.41. The number of hydrogen-bond donors (Lipinski definition) is 2. The number of carbonyl (C=O) groups excluding carboxylic acids is 1. The Balaban J connectivity index is 1.17. The molecule has 1 amide bonds. The molecule has 1 aliphatic heterocycles. The second-order valence-corrected chi connectivity index (χ2v) is 12.1. The van der Waals surface area contributed by atoms with Crippen LogP contribution in [0.5, 0.6) is 5.75 Å². The Morgan fingerprint density at radius 2 is 2.00 bits per heavy atom. The quantitative estimate of drug-likeness (QED) is 0.216. The smallest absolute Gasteiger partial charge is 0.223 e. The SMILES string of the molecule is CCCN1CC[C@@H](NC(=O)[C@H]2CC[C@H](C#Cc3nccc(-n4ccc5c(OCCC[SH](=O)=O)cccc54)n3)CC2)C1. The molecule has 1 saturated heterocycles. The number of benzene rings is 1. The number of ether oxygens (including phenoxy) is 1. The fourth-order valence-corrected chi connectivity index (χ4v) is 6.23. The van der Waals surface area contributed by atoms with Gasteiger partial charge in [0.15, 0.2) is 0 Å². The Morgan fingerprint density at radius 1 is 1.15 bits per heavy atom. The molecule has 2 aliphatic rings. The van der Waals surface area contributed by atoms with Crippen LogP contribution in [0.15, 0.2) is 42.7 Å². The highest BCUT2D eigenvalue weighted by atomic mass is 32.2. The molecule has 1 aromatic carbocycles. The molecule has 41 heavy (non-hydrogen) atoms. The van der Waals surface area contributed by atoms with Crippen molar-refractivity contribution in [3.8, 4) is 23.4 Å². The summed E-state index contributed by atoms with van der Waals surface area (Å²) in [5.41, 5.74) is 0.933. The summed E-state index contributed by atoms with van der Waals surface area (Å²) in [4.78, 5) is 24.3. The summed E-state index contributed by atoms with van der Waals surface area (Å²) in [6, 6.07) is 9.89. The molecule has 5 rings (SSSR count). The number of carbonyl (C=O) groups is 1. The molecular weight excluding hydrogens is 538 g/mol. The standard InChI is InChI=1S/C31H39N5O4S/c1-2-17-35-18-14-25(22-35)33-31(37)24-10-7-23(8-11-24)9-12-29-32-16-13-30(34-29)36-19-15-26-27(36)5-3-6-28(26)40-20-4-21-41(38)39/h3,5-6,13,15-16,19,23-25,41H,2,4,7-8,10-11,14,17-18,20-22H2,1H3,(H,33,37)/t23-,24-,25-/m1/s1. The zero-order chi connectivity index (χ0) is 28.6. The molecule has 2 aromatic heterocycles. The van der Waals surface area contributed by atoms with Gasteiger partial charge in [0.05, 0.1) is 17.9 Å². The Hall–Kier alpha value is -3.42. The summed E-state index contributed by atoms with van der Waals surface area (Å²) in [5.74, 6) is 9.08. The van der Waals surface area contributed by atoms with Gasteiger partial charge in [-0.05, 0) is 81.7 Å². The van der Waals surface area contributed by atoms with Crippen molar-refractivity contribution in [1.82, 2.24) is 24.8 Å². The number of fused-ring (bicyclic) bond motifs is 1. The third-order valence-corrected chi connectivity index (χ3v) is 8.65. The van der Waals surface area contributed by atoms with Crippen molar-refractivity contribution in [3.05, 3.63) is 48.5 Å². The lowest BCUT2D eigenvalue weighted by molar-refractivity contribution is -0.126. The topological polar surface area (TPSA) is 106 Å². The van der Waals surface area contributed by atoms with Crippen molar-refractivity contribution >= 4 is 27.5 Å². The number of aromatic nitrogens is 3. The molecule has 1 aliphatic carbocycles. The molecule has 1 N–H and O–H groups in total. The number of hydrogen-bond acceptors (Lipinski definition) is 7. The van der Waals surface area contributed by atoms with Crippen molar-refractivity contribution in [3.63, 3.8) is 0 Å². The highest BCUT2D eigenvalue weighted by molar-refractivity contribution is 7.72. The minimum atomic E-state index is -2.39. The number of amides is 1. The maximum Gasteiger partial charge on any atom is 0.223 e. The third-order valence-electron chi connectivity index (χ3n) is 7.97. The fourth-order valence-electron chi connectivity index (χ4n) is 5.84. The molecule has 2 fully saturated rings. The predicted molar refractivity (Wildman–Crippen MR) is 160 cm³/mol. The second kappa shape index (κ2) is 14.0. The molecule has 9 nitrogen and oxygen atoms in total. The van der Waals surface area contributed by atoms with Gasteiger partial charge in [-0.25, -0.2) is 18.4 Å². The lowest BCUT2D eigenvalue weighted by atomic mass is 9.82. The summed E-state index contributed by atoms with van der Waals surface area (Å²) in [5, 5.41) is 4.22. The third kappa shape index (κ3) is 7.66. The molecule has 218 valence electrons. The first-order valence-corrected chi connectivity index (χ1v) is 16.1. The van der Waals surface area contributed by atoms with Gasteiger partial charge in [0, 0.05) is 48.7 Å². The molecule has 0 radical (unpaired) electrons. The van der Waals surface area contributed by atoms with Gasteiger partial charge < -0.3 is 19.5 Å². The van der Waals surface area contributed by atoms with E-state index in [1.165, 1.54) is 0 Å². The summed E-state index contributed by atoms with van der Waals surface area (Å²) in [7, 11) is -2.39. The lowest BCUT2D eigenvalue weighted by Gasteiger charge is -2.26. The highest BCUT2D eigenvalue weighted by Gasteiger charge is 2.29. The maximum atomic E-state index is 12.8. The van der Waals surface area contributed by atoms with E-state index in [0.717, 1.165) is 69.1 Å². The van der Waals surface area contributed by atoms with Gasteiger partial charge in [0.1, 0.15) is 22.3 Å². The second-order valence-electron chi connectivity index (χ2n) is 11.0. The number of rotatable bonds is 10. The van der Waals surface area contributed by atoms with Gasteiger partial charge >= 0.3 is 0 Å². The first kappa shape index (κ1) is 29.1. The zero-order valence-electron chi connectivity index (χ0n) is 23.6. The molecule has 0 bridgehead atoms. The van der Waals surface area contributed by atoms with Crippen molar-refractivity contribution in [1.29, 1.82) is 0 Å². The summed E-state index contributed by atoms with van der Waals surface area (Å²) in [6.45, 7) is 5.70. The van der Waals surface area contributed by atoms with Crippen LogP contribution in [0.2, 0.25) is 0 Å². The van der Waals surface area contributed by atoms with Crippen LogP contribution < -0.4 is 10.1 Å². The molecule has 1 saturated carbocycles. The van der Waals surface area contributed by atoms with E-state index >= 15 is 0 Å². The summed E-state index contributed by atoms with van der Waals surface area (Å²) >= 11 is 0. The van der Waals surface area contributed by atoms with E-state index in [2.05, 4.69) is 34.0 Å². The first-order valence-electron chi connectivity index (χ1n) is 14.7.